The van der Waals surface area contributed by atoms with Gasteiger partial charge in [0.1, 0.15) is 10.8 Å². The third kappa shape index (κ3) is 6.33. The van der Waals surface area contributed by atoms with Crippen molar-refractivity contribution in [2.45, 2.75) is 50.6 Å². The van der Waals surface area contributed by atoms with Gasteiger partial charge in [-0.25, -0.2) is 4.79 Å². The van der Waals surface area contributed by atoms with Crippen molar-refractivity contribution in [2.24, 2.45) is 0 Å². The van der Waals surface area contributed by atoms with Gasteiger partial charge in [-0.2, -0.15) is 4.98 Å². The molecule has 31 heavy (non-hydrogen) atoms. The van der Waals surface area contributed by atoms with Crippen molar-refractivity contribution in [1.82, 2.24) is 14.5 Å². The van der Waals surface area contributed by atoms with E-state index in [2.05, 4.69) is 15.2 Å². The molecular weight excluding hydrogens is 412 g/mol. The zero-order valence-corrected chi connectivity index (χ0v) is 19.5. The van der Waals surface area contributed by atoms with Crippen LogP contribution in [0.25, 0.3) is 0 Å². The summed E-state index contributed by atoms with van der Waals surface area (Å²) in [5.74, 6) is 0.710. The number of aromatic nitrogens is 2. The maximum absolute atomic E-state index is 12.7. The van der Waals surface area contributed by atoms with Gasteiger partial charge in [0.25, 0.3) is 0 Å². The summed E-state index contributed by atoms with van der Waals surface area (Å²) in [5, 5.41) is 3.61. The summed E-state index contributed by atoms with van der Waals surface area (Å²) in [4.78, 5) is 31.8. The quantitative estimate of drug-likeness (QED) is 0.448. The molecule has 0 aliphatic heterocycles. The monoisotopic (exact) mass is 444 g/mol. The summed E-state index contributed by atoms with van der Waals surface area (Å²) in [5.41, 5.74) is 2.70. The first-order valence-electron chi connectivity index (χ1n) is 10.9. The van der Waals surface area contributed by atoms with Crippen LogP contribution >= 0.6 is 11.8 Å². The molecular formula is C23H32N4O3S. The summed E-state index contributed by atoms with van der Waals surface area (Å²) >= 11 is 1.35. The van der Waals surface area contributed by atoms with E-state index in [0.29, 0.717) is 29.6 Å². The molecule has 7 nitrogen and oxygen atoms in total. The van der Waals surface area contributed by atoms with E-state index in [4.69, 9.17) is 4.74 Å². The van der Waals surface area contributed by atoms with Crippen LogP contribution in [0.2, 0.25) is 0 Å². The Morgan fingerprint density at radius 3 is 2.81 bits per heavy atom. The highest BCUT2D eigenvalue weighted by molar-refractivity contribution is 8.00. The van der Waals surface area contributed by atoms with Gasteiger partial charge in [0.2, 0.25) is 5.91 Å². The van der Waals surface area contributed by atoms with E-state index in [1.807, 2.05) is 49.9 Å². The van der Waals surface area contributed by atoms with Gasteiger partial charge in [-0.15, -0.1) is 0 Å². The number of nitrogens with one attached hydrogen (secondary N) is 1. The summed E-state index contributed by atoms with van der Waals surface area (Å²) < 4.78 is 7.42. The first-order chi connectivity index (χ1) is 15.0. The number of rotatable bonds is 10. The third-order valence-corrected chi connectivity index (χ3v) is 6.26. The maximum atomic E-state index is 12.7. The molecule has 0 atom stereocenters. The number of amides is 1. The normalized spacial score (nSPS) is 13.2. The Kier molecular flexibility index (Phi) is 8.54. The van der Waals surface area contributed by atoms with Crippen LogP contribution in [0.1, 0.15) is 37.4 Å². The van der Waals surface area contributed by atoms with E-state index in [-0.39, 0.29) is 17.3 Å². The molecule has 0 unspecified atom stereocenters. The first-order valence-corrected chi connectivity index (χ1v) is 11.9. The molecule has 0 bridgehead atoms. The summed E-state index contributed by atoms with van der Waals surface area (Å²) in [6, 6.07) is 7.39. The second-order valence-electron chi connectivity index (χ2n) is 7.91. The number of carbonyl (C=O) groups is 1. The van der Waals surface area contributed by atoms with Crippen LogP contribution in [0.4, 0.5) is 5.69 Å². The standard InChI is InChI=1S/C23H32N4O3S/c1-4-30-20-13-8-6-11-18(20)24-21(28)16-31-22-17-10-5-7-12-19(17)27(23(29)25-22)15-9-14-26(2)3/h6,8,11,13H,4-5,7,9-10,12,14-16H2,1-3H3,(H,24,28). The minimum Gasteiger partial charge on any atom is -0.492 e. The van der Waals surface area contributed by atoms with Crippen LogP contribution in [0.5, 0.6) is 5.75 Å². The van der Waals surface area contributed by atoms with Gasteiger partial charge < -0.3 is 15.0 Å². The van der Waals surface area contributed by atoms with Crippen LogP contribution in [0, 0.1) is 0 Å². The Morgan fingerprint density at radius 1 is 1.26 bits per heavy atom. The van der Waals surface area contributed by atoms with E-state index in [9.17, 15) is 9.59 Å². The van der Waals surface area contributed by atoms with Crippen molar-refractivity contribution in [3.05, 3.63) is 46.0 Å². The van der Waals surface area contributed by atoms with Crippen molar-refractivity contribution in [1.29, 1.82) is 0 Å². The predicted octanol–water partition coefficient (Wildman–Crippen LogP) is 3.20. The van der Waals surface area contributed by atoms with Crippen LogP contribution in [0.3, 0.4) is 0 Å². The lowest BCUT2D eigenvalue weighted by Gasteiger charge is -2.23. The molecule has 168 valence electrons. The lowest BCUT2D eigenvalue weighted by molar-refractivity contribution is -0.113. The maximum Gasteiger partial charge on any atom is 0.348 e. The molecule has 0 radical (unpaired) electrons. The number of para-hydroxylation sites is 2. The zero-order valence-electron chi connectivity index (χ0n) is 18.6. The molecule has 2 aromatic rings. The number of carbonyl (C=O) groups excluding carboxylic acids is 1. The highest BCUT2D eigenvalue weighted by Crippen LogP contribution is 2.29. The average Bonchev–Trinajstić information content (AvgIpc) is 2.75. The van der Waals surface area contributed by atoms with Gasteiger partial charge in [-0.1, -0.05) is 23.9 Å². The Hall–Kier alpha value is -2.32. The molecule has 3 rings (SSSR count). The number of hydrogen-bond donors (Lipinski definition) is 1. The van der Waals surface area contributed by atoms with Gasteiger partial charge >= 0.3 is 5.69 Å². The fourth-order valence-electron chi connectivity index (χ4n) is 3.81. The molecule has 0 spiro atoms. The van der Waals surface area contributed by atoms with Crippen molar-refractivity contribution in [3.63, 3.8) is 0 Å². The second-order valence-corrected chi connectivity index (χ2v) is 8.87. The van der Waals surface area contributed by atoms with Gasteiger partial charge in [0.05, 0.1) is 18.0 Å². The molecule has 0 saturated carbocycles. The fourth-order valence-corrected chi connectivity index (χ4v) is 4.69. The lowest BCUT2D eigenvalue weighted by atomic mass is 9.97. The molecule has 1 aliphatic carbocycles. The summed E-state index contributed by atoms with van der Waals surface area (Å²) in [6.45, 7) is 4.06. The predicted molar refractivity (Wildman–Crippen MR) is 125 cm³/mol. The molecule has 1 N–H and O–H groups in total. The van der Waals surface area contributed by atoms with Gasteiger partial charge in [-0.05, 0) is 71.8 Å². The lowest BCUT2D eigenvalue weighted by Crippen LogP contribution is -2.31. The molecule has 0 fully saturated rings. The molecule has 1 aliphatic rings. The molecule has 1 amide bonds. The Bertz CT molecular complexity index is 958. The summed E-state index contributed by atoms with van der Waals surface area (Å²) in [7, 11) is 4.07. The molecule has 0 saturated heterocycles. The number of ether oxygens (including phenoxy) is 1. The third-order valence-electron chi connectivity index (χ3n) is 5.24. The number of hydrogen-bond acceptors (Lipinski definition) is 6. The first kappa shape index (κ1) is 23.3. The minimum atomic E-state index is -0.205. The van der Waals surface area contributed by atoms with E-state index < -0.39 is 0 Å². The van der Waals surface area contributed by atoms with Crippen LogP contribution in [-0.2, 0) is 24.2 Å². The van der Waals surface area contributed by atoms with E-state index in [1.165, 1.54) is 11.8 Å². The second kappa shape index (κ2) is 11.3. The van der Waals surface area contributed by atoms with E-state index >= 15 is 0 Å². The SMILES string of the molecule is CCOc1ccccc1NC(=O)CSc1nc(=O)n(CCCN(C)C)c2c1CCCC2. The van der Waals surface area contributed by atoms with E-state index in [1.54, 1.807) is 0 Å². The van der Waals surface area contributed by atoms with E-state index in [0.717, 1.165) is 49.9 Å². The van der Waals surface area contributed by atoms with Crippen molar-refractivity contribution in [2.75, 3.05) is 38.3 Å². The minimum absolute atomic E-state index is 0.140. The van der Waals surface area contributed by atoms with Crippen molar-refractivity contribution in [3.8, 4) is 5.75 Å². The van der Waals surface area contributed by atoms with Gasteiger partial charge in [0.15, 0.2) is 0 Å². The summed E-state index contributed by atoms with van der Waals surface area (Å²) in [6.07, 6.45) is 4.90. The highest BCUT2D eigenvalue weighted by Gasteiger charge is 2.21. The van der Waals surface area contributed by atoms with Gasteiger partial charge in [0, 0.05) is 17.8 Å². The molecule has 8 heteroatoms. The van der Waals surface area contributed by atoms with Crippen molar-refractivity contribution >= 4 is 23.4 Å². The molecule has 1 aromatic carbocycles. The largest absolute Gasteiger partial charge is 0.492 e. The Labute approximate surface area is 188 Å². The average molecular weight is 445 g/mol. The van der Waals surface area contributed by atoms with Crippen molar-refractivity contribution < 1.29 is 9.53 Å². The number of anilines is 1. The number of benzene rings is 1. The topological polar surface area (TPSA) is 76.5 Å². The molecule has 1 aromatic heterocycles. The zero-order chi connectivity index (χ0) is 22.2. The number of fused-ring (bicyclic) bond motifs is 1. The van der Waals surface area contributed by atoms with Crippen LogP contribution in [0.15, 0.2) is 34.1 Å². The van der Waals surface area contributed by atoms with Crippen LogP contribution < -0.4 is 15.7 Å². The van der Waals surface area contributed by atoms with Crippen LogP contribution in [-0.4, -0.2) is 53.4 Å². The highest BCUT2D eigenvalue weighted by atomic mass is 32.2. The Morgan fingerprint density at radius 2 is 2.03 bits per heavy atom. The van der Waals surface area contributed by atoms with Gasteiger partial charge in [-0.3, -0.25) is 9.36 Å². The number of thioether (sulfide) groups is 1. The molecule has 1 heterocycles. The smallest absolute Gasteiger partial charge is 0.348 e. The Balaban J connectivity index is 1.71. The fraction of sp³-hybridized carbons (Fsp3) is 0.522. The number of nitrogens with zero attached hydrogens (tertiary/aromatic N) is 3.